The van der Waals surface area contributed by atoms with Crippen LogP contribution < -0.4 is 9.64 Å². The maximum Gasteiger partial charge on any atom is 0.343 e. The summed E-state index contributed by atoms with van der Waals surface area (Å²) in [6.07, 6.45) is 0.931. The molecule has 1 aromatic heterocycles. The zero-order chi connectivity index (χ0) is 15.5. The second-order valence-corrected chi connectivity index (χ2v) is 5.29. The molecule has 0 saturated carbocycles. The largest absolute Gasteiger partial charge is 0.480 e. The summed E-state index contributed by atoms with van der Waals surface area (Å²) in [4.78, 5) is 18.2. The average molecular weight is 294 g/mol. The number of carbonyl (C=O) groups is 1. The molecule has 1 aliphatic rings. The summed E-state index contributed by atoms with van der Waals surface area (Å²) in [5, 5.41) is 0. The minimum atomic E-state index is -0.453. The van der Waals surface area contributed by atoms with Crippen LogP contribution in [0.5, 0.6) is 5.88 Å². The van der Waals surface area contributed by atoms with E-state index in [0.717, 1.165) is 25.3 Å². The van der Waals surface area contributed by atoms with Crippen molar-refractivity contribution in [1.29, 1.82) is 0 Å². The molecule has 6 nitrogen and oxygen atoms in total. The summed E-state index contributed by atoms with van der Waals surface area (Å²) in [6, 6.07) is 3.50. The number of anilines is 1. The van der Waals surface area contributed by atoms with Crippen molar-refractivity contribution in [1.82, 2.24) is 4.98 Å². The van der Waals surface area contributed by atoms with E-state index in [9.17, 15) is 4.79 Å². The minimum Gasteiger partial charge on any atom is -0.480 e. The number of morpholine rings is 1. The molecular formula is C15H22N2O4. The van der Waals surface area contributed by atoms with Crippen molar-refractivity contribution in [3.63, 3.8) is 0 Å². The topological polar surface area (TPSA) is 60.9 Å². The van der Waals surface area contributed by atoms with E-state index in [1.54, 1.807) is 6.07 Å². The minimum absolute atomic E-state index is 0.172. The lowest BCUT2D eigenvalue weighted by Crippen LogP contribution is -2.50. The van der Waals surface area contributed by atoms with Gasteiger partial charge in [0, 0.05) is 13.1 Å². The maximum atomic E-state index is 11.7. The molecule has 6 heteroatoms. The van der Waals surface area contributed by atoms with Crippen molar-refractivity contribution in [2.75, 3.05) is 38.8 Å². The predicted molar refractivity (Wildman–Crippen MR) is 79.0 cm³/mol. The molecule has 0 spiro atoms. The molecule has 2 rings (SSSR count). The molecule has 21 heavy (non-hydrogen) atoms. The van der Waals surface area contributed by atoms with Crippen LogP contribution in [0.3, 0.4) is 0 Å². The van der Waals surface area contributed by atoms with Crippen LogP contribution in [-0.2, 0) is 9.47 Å². The molecule has 0 radical (unpaired) electrons. The molecule has 0 bridgehead atoms. The molecule has 1 saturated heterocycles. The number of rotatable bonds is 4. The Kier molecular flexibility index (Phi) is 4.67. The van der Waals surface area contributed by atoms with Crippen LogP contribution in [0.1, 0.15) is 30.6 Å². The normalized spacial score (nSPS) is 22.0. The summed E-state index contributed by atoms with van der Waals surface area (Å²) >= 11 is 0. The van der Waals surface area contributed by atoms with Gasteiger partial charge in [-0.2, -0.15) is 4.98 Å². The van der Waals surface area contributed by atoms with E-state index in [-0.39, 0.29) is 11.5 Å². The van der Waals surface area contributed by atoms with Crippen molar-refractivity contribution in [2.24, 2.45) is 0 Å². The van der Waals surface area contributed by atoms with Gasteiger partial charge in [0.15, 0.2) is 0 Å². The molecule has 1 atom stereocenters. The molecule has 116 valence electrons. The predicted octanol–water partition coefficient (Wildman–Crippen LogP) is 1.88. The molecule has 0 amide bonds. The molecular weight excluding hydrogens is 272 g/mol. The number of methoxy groups -OCH3 is 2. The zero-order valence-corrected chi connectivity index (χ0v) is 13.0. The molecule has 0 aliphatic carbocycles. The van der Waals surface area contributed by atoms with Gasteiger partial charge >= 0.3 is 5.97 Å². The third-order valence-corrected chi connectivity index (χ3v) is 3.85. The lowest BCUT2D eigenvalue weighted by Gasteiger charge is -2.40. The second-order valence-electron chi connectivity index (χ2n) is 5.29. The lowest BCUT2D eigenvalue weighted by atomic mass is 10.0. The Morgan fingerprint density at radius 3 is 2.86 bits per heavy atom. The molecule has 1 unspecified atom stereocenters. The monoisotopic (exact) mass is 294 g/mol. The van der Waals surface area contributed by atoms with Gasteiger partial charge in [-0.05, 0) is 25.5 Å². The van der Waals surface area contributed by atoms with Crippen LogP contribution >= 0.6 is 0 Å². The van der Waals surface area contributed by atoms with Crippen LogP contribution in [0.25, 0.3) is 0 Å². The molecule has 1 aromatic rings. The van der Waals surface area contributed by atoms with Gasteiger partial charge in [0.05, 0.1) is 26.4 Å². The third kappa shape index (κ3) is 3.26. The summed E-state index contributed by atoms with van der Waals surface area (Å²) < 4.78 is 15.8. The van der Waals surface area contributed by atoms with Gasteiger partial charge in [-0.15, -0.1) is 0 Å². The average Bonchev–Trinajstić information content (AvgIpc) is 2.53. The van der Waals surface area contributed by atoms with E-state index in [1.807, 2.05) is 6.07 Å². The quantitative estimate of drug-likeness (QED) is 0.790. The van der Waals surface area contributed by atoms with Gasteiger partial charge < -0.3 is 19.1 Å². The lowest BCUT2D eigenvalue weighted by molar-refractivity contribution is -0.0443. The van der Waals surface area contributed by atoms with Gasteiger partial charge in [-0.3, -0.25) is 0 Å². The Hall–Kier alpha value is -1.82. The summed E-state index contributed by atoms with van der Waals surface area (Å²) in [6.45, 7) is 6.39. The number of hydrogen-bond acceptors (Lipinski definition) is 6. The summed E-state index contributed by atoms with van der Waals surface area (Å²) in [7, 11) is 2.83. The standard InChI is InChI=1S/C15H22N2O4/c1-5-15(2)10-17(8-9-21-15)12-7-6-11(14(18)20-4)13(16-12)19-3/h6-7H,5,8-10H2,1-4H3. The number of hydrogen-bond donors (Lipinski definition) is 0. The Labute approximate surface area is 125 Å². The van der Waals surface area contributed by atoms with E-state index < -0.39 is 5.97 Å². The van der Waals surface area contributed by atoms with Gasteiger partial charge in [-0.1, -0.05) is 6.92 Å². The van der Waals surface area contributed by atoms with Crippen molar-refractivity contribution in [2.45, 2.75) is 25.9 Å². The van der Waals surface area contributed by atoms with Crippen LogP contribution in [0.4, 0.5) is 5.82 Å². The first-order chi connectivity index (χ1) is 10.0. The fourth-order valence-corrected chi connectivity index (χ4v) is 2.37. The summed E-state index contributed by atoms with van der Waals surface area (Å²) in [5.41, 5.74) is 0.157. The van der Waals surface area contributed by atoms with Crippen LogP contribution in [0.2, 0.25) is 0 Å². The van der Waals surface area contributed by atoms with Crippen LogP contribution in [-0.4, -0.2) is 50.5 Å². The highest BCUT2D eigenvalue weighted by molar-refractivity contribution is 5.92. The molecule has 0 N–H and O–H groups in total. The number of ether oxygens (including phenoxy) is 3. The Morgan fingerprint density at radius 1 is 1.48 bits per heavy atom. The highest BCUT2D eigenvalue weighted by Crippen LogP contribution is 2.27. The van der Waals surface area contributed by atoms with Crippen LogP contribution in [0.15, 0.2) is 12.1 Å². The first-order valence-corrected chi connectivity index (χ1v) is 7.05. The van der Waals surface area contributed by atoms with Gasteiger partial charge in [-0.25, -0.2) is 4.79 Å². The fraction of sp³-hybridized carbons (Fsp3) is 0.600. The maximum absolute atomic E-state index is 11.7. The van der Waals surface area contributed by atoms with E-state index in [0.29, 0.717) is 12.2 Å². The zero-order valence-electron chi connectivity index (χ0n) is 13.0. The summed E-state index contributed by atoms with van der Waals surface area (Å²) in [5.74, 6) is 0.609. The number of carbonyl (C=O) groups excluding carboxylic acids is 1. The SMILES string of the molecule is CCC1(C)CN(c2ccc(C(=O)OC)c(OC)n2)CCO1. The number of esters is 1. The van der Waals surface area contributed by atoms with Crippen molar-refractivity contribution in [3.8, 4) is 5.88 Å². The third-order valence-electron chi connectivity index (χ3n) is 3.85. The van der Waals surface area contributed by atoms with Crippen LogP contribution in [0, 0.1) is 0 Å². The highest BCUT2D eigenvalue weighted by Gasteiger charge is 2.31. The first-order valence-electron chi connectivity index (χ1n) is 7.05. The molecule has 0 aromatic carbocycles. The van der Waals surface area contributed by atoms with Gasteiger partial charge in [0.1, 0.15) is 11.4 Å². The van der Waals surface area contributed by atoms with E-state index >= 15 is 0 Å². The van der Waals surface area contributed by atoms with Crippen molar-refractivity contribution in [3.05, 3.63) is 17.7 Å². The smallest absolute Gasteiger partial charge is 0.343 e. The van der Waals surface area contributed by atoms with Crippen molar-refractivity contribution < 1.29 is 19.0 Å². The van der Waals surface area contributed by atoms with Gasteiger partial charge in [0.2, 0.25) is 5.88 Å². The Bertz CT molecular complexity index is 520. The second kappa shape index (κ2) is 6.30. The van der Waals surface area contributed by atoms with Gasteiger partial charge in [0.25, 0.3) is 0 Å². The molecule has 1 fully saturated rings. The van der Waals surface area contributed by atoms with E-state index in [1.165, 1.54) is 14.2 Å². The molecule has 1 aliphatic heterocycles. The van der Waals surface area contributed by atoms with Crippen molar-refractivity contribution >= 4 is 11.8 Å². The Balaban J connectivity index is 2.26. The number of nitrogens with zero attached hydrogens (tertiary/aromatic N) is 2. The number of aromatic nitrogens is 1. The first kappa shape index (κ1) is 15.6. The number of pyridine rings is 1. The molecule has 2 heterocycles. The Morgan fingerprint density at radius 2 is 2.24 bits per heavy atom. The van der Waals surface area contributed by atoms with E-state index in [4.69, 9.17) is 14.2 Å². The fourth-order valence-electron chi connectivity index (χ4n) is 2.37. The van der Waals surface area contributed by atoms with E-state index in [2.05, 4.69) is 23.7 Å². The highest BCUT2D eigenvalue weighted by atomic mass is 16.5.